The Kier molecular flexibility index (Phi) is 5.90. The van der Waals surface area contributed by atoms with Gasteiger partial charge in [0.2, 0.25) is 0 Å². The van der Waals surface area contributed by atoms with Crippen LogP contribution in [0, 0.1) is 0 Å². The molecule has 3 aromatic carbocycles. The Balaban J connectivity index is 1.97. The molecule has 1 aromatic heterocycles. The fourth-order valence-electron chi connectivity index (χ4n) is 4.23. The predicted molar refractivity (Wildman–Crippen MR) is 134 cm³/mol. The van der Waals surface area contributed by atoms with Crippen LogP contribution in [0.1, 0.15) is 42.4 Å². The minimum Gasteiger partial charge on any atom is -0.497 e. The van der Waals surface area contributed by atoms with Gasteiger partial charge in [0, 0.05) is 28.7 Å². The summed E-state index contributed by atoms with van der Waals surface area (Å²) < 4.78 is 12.6. The third-order valence-electron chi connectivity index (χ3n) is 5.98. The van der Waals surface area contributed by atoms with Gasteiger partial charge in [0.1, 0.15) is 11.4 Å². The third kappa shape index (κ3) is 4.31. The molecular weight excluding hydrogens is 412 g/mol. The lowest BCUT2D eigenvalue weighted by Crippen LogP contribution is -2.13. The Bertz CT molecular complexity index is 1310. The number of nitrogen functional groups attached to an aromatic ring is 1. The van der Waals surface area contributed by atoms with E-state index in [2.05, 4.69) is 45.0 Å². The Labute approximate surface area is 194 Å². The first-order chi connectivity index (χ1) is 15.7. The largest absolute Gasteiger partial charge is 0.497 e. The maximum atomic E-state index is 13.1. The number of methoxy groups -OCH3 is 2. The van der Waals surface area contributed by atoms with Crippen LogP contribution in [0.4, 0.5) is 5.69 Å². The lowest BCUT2D eigenvalue weighted by molar-refractivity contribution is 0.0590. The van der Waals surface area contributed by atoms with Crippen LogP contribution in [-0.2, 0) is 16.7 Å². The molecule has 0 unspecified atom stereocenters. The van der Waals surface area contributed by atoms with Crippen LogP contribution in [0.3, 0.4) is 0 Å². The number of carbonyl (C=O) groups excluding carboxylic acids is 1. The van der Waals surface area contributed by atoms with Crippen molar-refractivity contribution in [2.75, 3.05) is 20.0 Å². The molecule has 1 heterocycles. The first kappa shape index (κ1) is 22.5. The molecule has 4 rings (SSSR count). The Morgan fingerprint density at radius 1 is 0.970 bits per heavy atom. The normalized spacial score (nSPS) is 11.5. The van der Waals surface area contributed by atoms with E-state index in [4.69, 9.17) is 15.2 Å². The Hall–Kier alpha value is -3.73. The average molecular weight is 443 g/mol. The van der Waals surface area contributed by atoms with Gasteiger partial charge in [-0.2, -0.15) is 0 Å². The highest BCUT2D eigenvalue weighted by molar-refractivity contribution is 6.09. The Morgan fingerprint density at radius 3 is 2.33 bits per heavy atom. The summed E-state index contributed by atoms with van der Waals surface area (Å²) in [5.74, 6) is 0.383. The fourth-order valence-corrected chi connectivity index (χ4v) is 4.23. The summed E-state index contributed by atoms with van der Waals surface area (Å²) in [5, 5.41) is 0.918. The Morgan fingerprint density at radius 2 is 1.70 bits per heavy atom. The molecule has 2 N–H and O–H groups in total. The summed E-state index contributed by atoms with van der Waals surface area (Å²) in [7, 11) is 3.06. The monoisotopic (exact) mass is 442 g/mol. The van der Waals surface area contributed by atoms with Crippen LogP contribution in [0.25, 0.3) is 22.0 Å². The zero-order chi connectivity index (χ0) is 23.8. The van der Waals surface area contributed by atoms with E-state index in [1.807, 2.05) is 47.0 Å². The molecule has 0 saturated heterocycles. The van der Waals surface area contributed by atoms with Crippen LogP contribution < -0.4 is 10.5 Å². The van der Waals surface area contributed by atoms with E-state index in [9.17, 15) is 4.79 Å². The molecule has 0 saturated carbocycles. The molecular formula is C28H30N2O3. The van der Waals surface area contributed by atoms with Crippen molar-refractivity contribution < 1.29 is 14.3 Å². The first-order valence-electron chi connectivity index (χ1n) is 11.0. The molecule has 0 atom stereocenters. The van der Waals surface area contributed by atoms with E-state index in [-0.39, 0.29) is 11.4 Å². The summed E-state index contributed by atoms with van der Waals surface area (Å²) in [6.45, 7) is 7.04. The molecule has 0 bridgehead atoms. The fraction of sp³-hybridized carbons (Fsp3) is 0.250. The van der Waals surface area contributed by atoms with Gasteiger partial charge < -0.3 is 19.8 Å². The third-order valence-corrected chi connectivity index (χ3v) is 5.98. The van der Waals surface area contributed by atoms with Crippen LogP contribution in [0.15, 0.2) is 66.7 Å². The molecule has 0 spiro atoms. The number of anilines is 1. The van der Waals surface area contributed by atoms with Gasteiger partial charge in [-0.25, -0.2) is 4.79 Å². The van der Waals surface area contributed by atoms with E-state index in [0.717, 1.165) is 33.3 Å². The van der Waals surface area contributed by atoms with Gasteiger partial charge in [-0.05, 0) is 52.4 Å². The highest BCUT2D eigenvalue weighted by Gasteiger charge is 2.25. The molecule has 170 valence electrons. The summed E-state index contributed by atoms with van der Waals surface area (Å²) in [4.78, 5) is 13.1. The number of carbonyl (C=O) groups is 1. The second-order valence-corrected chi connectivity index (χ2v) is 9.26. The highest BCUT2D eigenvalue weighted by atomic mass is 16.5. The van der Waals surface area contributed by atoms with Crippen molar-refractivity contribution in [2.45, 2.75) is 32.7 Å². The maximum Gasteiger partial charge on any atom is 0.355 e. The van der Waals surface area contributed by atoms with Gasteiger partial charge in [0.15, 0.2) is 0 Å². The number of aromatic nitrogens is 1. The van der Waals surface area contributed by atoms with Gasteiger partial charge in [-0.1, -0.05) is 57.2 Å². The van der Waals surface area contributed by atoms with Crippen LogP contribution >= 0.6 is 0 Å². The number of hydrogen-bond acceptors (Lipinski definition) is 4. The number of nitrogens with two attached hydrogens (primary N) is 1. The standard InChI is InChI=1S/C28H30N2O3/c1-28(2,3)20-11-9-19(10-12-20)25-23-16-21(29)13-14-24(23)30(26(25)27(31)33-5)17-18-7-6-8-22(15-18)32-4/h6-16H,17,29H2,1-5H3. The summed E-state index contributed by atoms with van der Waals surface area (Å²) >= 11 is 0. The second kappa shape index (κ2) is 8.66. The number of ether oxygens (including phenoxy) is 2. The number of benzene rings is 3. The van der Waals surface area contributed by atoms with Gasteiger partial charge >= 0.3 is 5.97 Å². The number of hydrogen-bond donors (Lipinski definition) is 1. The number of rotatable bonds is 5. The number of fused-ring (bicyclic) bond motifs is 1. The molecule has 0 aliphatic carbocycles. The van der Waals surface area contributed by atoms with Crippen molar-refractivity contribution in [3.63, 3.8) is 0 Å². The number of nitrogens with zero attached hydrogens (tertiary/aromatic N) is 1. The van der Waals surface area contributed by atoms with Crippen molar-refractivity contribution in [2.24, 2.45) is 0 Å². The van der Waals surface area contributed by atoms with E-state index in [1.165, 1.54) is 12.7 Å². The zero-order valence-electron chi connectivity index (χ0n) is 19.8. The molecule has 5 nitrogen and oxygen atoms in total. The summed E-state index contributed by atoms with van der Waals surface area (Å²) in [6, 6.07) is 22.0. The molecule has 0 amide bonds. The lowest BCUT2D eigenvalue weighted by Gasteiger charge is -2.19. The van der Waals surface area contributed by atoms with Crippen molar-refractivity contribution >= 4 is 22.6 Å². The summed E-state index contributed by atoms with van der Waals surface area (Å²) in [5.41, 5.74) is 12.3. The van der Waals surface area contributed by atoms with Crippen molar-refractivity contribution in [3.05, 3.63) is 83.6 Å². The maximum absolute atomic E-state index is 13.1. The topological polar surface area (TPSA) is 66.5 Å². The van der Waals surface area contributed by atoms with Gasteiger partial charge in [0.25, 0.3) is 0 Å². The zero-order valence-corrected chi connectivity index (χ0v) is 19.8. The molecule has 33 heavy (non-hydrogen) atoms. The van der Waals surface area contributed by atoms with Crippen LogP contribution in [-0.4, -0.2) is 24.8 Å². The summed E-state index contributed by atoms with van der Waals surface area (Å²) in [6.07, 6.45) is 0. The first-order valence-corrected chi connectivity index (χ1v) is 11.0. The minimum absolute atomic E-state index is 0.0362. The molecule has 0 radical (unpaired) electrons. The molecule has 4 aromatic rings. The van der Waals surface area contributed by atoms with Gasteiger partial charge in [0.05, 0.1) is 14.2 Å². The van der Waals surface area contributed by atoms with Crippen molar-refractivity contribution in [1.29, 1.82) is 0 Å². The van der Waals surface area contributed by atoms with Crippen molar-refractivity contribution in [3.8, 4) is 16.9 Å². The molecule has 0 aliphatic heterocycles. The molecule has 0 fully saturated rings. The molecule has 5 heteroatoms. The van der Waals surface area contributed by atoms with Gasteiger partial charge in [-0.3, -0.25) is 0 Å². The SMILES string of the molecule is COC(=O)c1c(-c2ccc(C(C)(C)C)cc2)c2cc(N)ccc2n1Cc1cccc(OC)c1. The van der Waals surface area contributed by atoms with E-state index in [1.54, 1.807) is 7.11 Å². The van der Waals surface area contributed by atoms with E-state index < -0.39 is 0 Å². The second-order valence-electron chi connectivity index (χ2n) is 9.26. The lowest BCUT2D eigenvalue weighted by atomic mass is 9.86. The van der Waals surface area contributed by atoms with Crippen molar-refractivity contribution in [1.82, 2.24) is 4.57 Å². The van der Waals surface area contributed by atoms with Crippen LogP contribution in [0.2, 0.25) is 0 Å². The molecule has 0 aliphatic rings. The van der Waals surface area contributed by atoms with E-state index >= 15 is 0 Å². The quantitative estimate of drug-likeness (QED) is 0.303. The smallest absolute Gasteiger partial charge is 0.355 e. The van der Waals surface area contributed by atoms with Gasteiger partial charge in [-0.15, -0.1) is 0 Å². The highest BCUT2D eigenvalue weighted by Crippen LogP contribution is 2.38. The predicted octanol–water partition coefficient (Wildman–Crippen LogP) is 6.03. The average Bonchev–Trinajstić information content (AvgIpc) is 3.11. The van der Waals surface area contributed by atoms with E-state index in [0.29, 0.717) is 17.9 Å². The number of esters is 1. The van der Waals surface area contributed by atoms with Crippen LogP contribution in [0.5, 0.6) is 5.75 Å². The minimum atomic E-state index is -0.387.